The number of aliphatic hydroxyl groups excluding tert-OH is 1. The summed E-state index contributed by atoms with van der Waals surface area (Å²) in [5.74, 6) is 0.808. The summed E-state index contributed by atoms with van der Waals surface area (Å²) >= 11 is 0. The molecular weight excluding hydrogens is 214 g/mol. The summed E-state index contributed by atoms with van der Waals surface area (Å²) in [4.78, 5) is 0. The van der Waals surface area contributed by atoms with Gasteiger partial charge in [0, 0.05) is 6.54 Å². The van der Waals surface area contributed by atoms with Gasteiger partial charge in [0.15, 0.2) is 0 Å². The lowest BCUT2D eigenvalue weighted by Gasteiger charge is -2.12. The maximum Gasteiger partial charge on any atom is 0.122 e. The van der Waals surface area contributed by atoms with Crippen LogP contribution in [0.5, 0.6) is 5.75 Å². The molecule has 0 aliphatic rings. The molecule has 0 fully saturated rings. The van der Waals surface area contributed by atoms with E-state index in [-0.39, 0.29) is 25.6 Å². The fraction of sp³-hybridized carbons (Fsp3) is 0.455. The Morgan fingerprint density at radius 1 is 1.40 bits per heavy atom. The van der Waals surface area contributed by atoms with Crippen molar-refractivity contribution in [2.75, 3.05) is 13.2 Å². The zero-order valence-corrected chi connectivity index (χ0v) is 9.88. The molecule has 0 saturated carbocycles. The number of halogens is 1. The van der Waals surface area contributed by atoms with E-state index in [2.05, 4.69) is 0 Å². The Balaban J connectivity index is 0.00000196. The number of aliphatic hydroxyl groups is 1. The van der Waals surface area contributed by atoms with Crippen LogP contribution in [0.3, 0.4) is 0 Å². The molecule has 0 bridgehead atoms. The average Bonchev–Trinajstić information content (AvgIpc) is 2.16. The smallest absolute Gasteiger partial charge is 0.122 e. The summed E-state index contributed by atoms with van der Waals surface area (Å²) < 4.78 is 5.41. The molecule has 0 heterocycles. The maximum absolute atomic E-state index is 9.21. The Hall–Kier alpha value is -0.770. The molecule has 0 amide bonds. The van der Waals surface area contributed by atoms with Crippen LogP contribution in [0.25, 0.3) is 0 Å². The van der Waals surface area contributed by atoms with E-state index in [0.717, 1.165) is 11.3 Å². The third kappa shape index (κ3) is 4.51. The molecule has 0 aliphatic carbocycles. The quantitative estimate of drug-likeness (QED) is 0.824. The number of hydrogen-bond donors (Lipinski definition) is 2. The van der Waals surface area contributed by atoms with Crippen molar-refractivity contribution in [3.8, 4) is 5.75 Å². The van der Waals surface area contributed by atoms with Gasteiger partial charge in [-0.1, -0.05) is 17.7 Å². The molecule has 1 unspecified atom stereocenters. The van der Waals surface area contributed by atoms with Crippen LogP contribution < -0.4 is 10.5 Å². The first-order chi connectivity index (χ1) is 6.63. The normalized spacial score (nSPS) is 11.7. The van der Waals surface area contributed by atoms with E-state index < -0.39 is 6.10 Å². The van der Waals surface area contributed by atoms with Crippen LogP contribution >= 0.6 is 12.4 Å². The molecule has 0 saturated heterocycles. The molecule has 86 valence electrons. The molecule has 1 aromatic rings. The molecule has 3 nitrogen and oxygen atoms in total. The predicted octanol–water partition coefficient (Wildman–Crippen LogP) is 1.42. The first kappa shape index (κ1) is 14.2. The molecule has 15 heavy (non-hydrogen) atoms. The molecule has 0 spiro atoms. The minimum atomic E-state index is -0.587. The van der Waals surface area contributed by atoms with Crippen molar-refractivity contribution in [1.82, 2.24) is 0 Å². The molecule has 1 atom stereocenters. The van der Waals surface area contributed by atoms with E-state index >= 15 is 0 Å². The topological polar surface area (TPSA) is 55.5 Å². The summed E-state index contributed by atoms with van der Waals surface area (Å²) in [5, 5.41) is 9.21. The molecule has 3 N–H and O–H groups in total. The predicted molar refractivity (Wildman–Crippen MR) is 63.7 cm³/mol. The van der Waals surface area contributed by atoms with Gasteiger partial charge in [0.2, 0.25) is 0 Å². The van der Waals surface area contributed by atoms with Crippen molar-refractivity contribution >= 4 is 12.4 Å². The Bertz CT molecular complexity index is 305. The minimum Gasteiger partial charge on any atom is -0.491 e. The van der Waals surface area contributed by atoms with Crippen molar-refractivity contribution in [3.63, 3.8) is 0 Å². The first-order valence-corrected chi connectivity index (χ1v) is 4.71. The Labute approximate surface area is 96.7 Å². The molecule has 4 heteroatoms. The molecule has 0 radical (unpaired) electrons. The Morgan fingerprint density at radius 2 is 2.07 bits per heavy atom. The van der Waals surface area contributed by atoms with Gasteiger partial charge in [0.05, 0.1) is 0 Å². The van der Waals surface area contributed by atoms with E-state index in [1.54, 1.807) is 0 Å². The van der Waals surface area contributed by atoms with Gasteiger partial charge in [-0.3, -0.25) is 0 Å². The fourth-order valence-corrected chi connectivity index (χ4v) is 1.22. The van der Waals surface area contributed by atoms with Crippen molar-refractivity contribution in [3.05, 3.63) is 29.3 Å². The van der Waals surface area contributed by atoms with E-state index in [9.17, 15) is 5.11 Å². The van der Waals surface area contributed by atoms with Crippen LogP contribution in [0.1, 0.15) is 11.1 Å². The summed E-state index contributed by atoms with van der Waals surface area (Å²) in [6.07, 6.45) is -0.587. The SMILES string of the molecule is Cc1ccc(OCC(O)CN)c(C)c1.Cl. The number of ether oxygens (including phenoxy) is 1. The minimum absolute atomic E-state index is 0. The highest BCUT2D eigenvalue weighted by Gasteiger charge is 2.04. The van der Waals surface area contributed by atoms with E-state index in [1.165, 1.54) is 5.56 Å². The van der Waals surface area contributed by atoms with Crippen molar-refractivity contribution < 1.29 is 9.84 Å². The Kier molecular flexibility index (Phi) is 6.32. The lowest BCUT2D eigenvalue weighted by atomic mass is 10.1. The first-order valence-electron chi connectivity index (χ1n) is 4.71. The number of nitrogens with two attached hydrogens (primary N) is 1. The van der Waals surface area contributed by atoms with E-state index in [4.69, 9.17) is 10.5 Å². The van der Waals surface area contributed by atoms with Crippen molar-refractivity contribution in [2.45, 2.75) is 20.0 Å². The van der Waals surface area contributed by atoms with Crippen LogP contribution in [0, 0.1) is 13.8 Å². The van der Waals surface area contributed by atoms with Crippen LogP contribution in [-0.2, 0) is 0 Å². The van der Waals surface area contributed by atoms with Gasteiger partial charge in [-0.2, -0.15) is 0 Å². The summed E-state index contributed by atoms with van der Waals surface area (Å²) in [7, 11) is 0. The van der Waals surface area contributed by atoms with E-state index in [0.29, 0.717) is 0 Å². The van der Waals surface area contributed by atoms with Gasteiger partial charge in [-0.05, 0) is 25.5 Å². The number of benzene rings is 1. The van der Waals surface area contributed by atoms with Crippen LogP contribution in [-0.4, -0.2) is 24.4 Å². The van der Waals surface area contributed by atoms with Gasteiger partial charge in [0.1, 0.15) is 18.5 Å². The highest BCUT2D eigenvalue weighted by atomic mass is 35.5. The van der Waals surface area contributed by atoms with Gasteiger partial charge < -0.3 is 15.6 Å². The van der Waals surface area contributed by atoms with Crippen LogP contribution in [0.15, 0.2) is 18.2 Å². The van der Waals surface area contributed by atoms with Crippen molar-refractivity contribution in [2.24, 2.45) is 5.73 Å². The maximum atomic E-state index is 9.21. The van der Waals surface area contributed by atoms with E-state index in [1.807, 2.05) is 32.0 Å². The number of aryl methyl sites for hydroxylation is 2. The van der Waals surface area contributed by atoms with Gasteiger partial charge in [-0.25, -0.2) is 0 Å². The molecule has 0 aromatic heterocycles. The Morgan fingerprint density at radius 3 is 2.60 bits per heavy atom. The average molecular weight is 232 g/mol. The lowest BCUT2D eigenvalue weighted by molar-refractivity contribution is 0.114. The molecular formula is C11H18ClNO2. The van der Waals surface area contributed by atoms with Gasteiger partial charge in [-0.15, -0.1) is 12.4 Å². The zero-order valence-electron chi connectivity index (χ0n) is 9.06. The van der Waals surface area contributed by atoms with Gasteiger partial charge in [0.25, 0.3) is 0 Å². The second kappa shape index (κ2) is 6.67. The third-order valence-corrected chi connectivity index (χ3v) is 2.03. The highest BCUT2D eigenvalue weighted by molar-refractivity contribution is 5.85. The van der Waals surface area contributed by atoms with Gasteiger partial charge >= 0.3 is 0 Å². The summed E-state index contributed by atoms with van der Waals surface area (Å²) in [6.45, 7) is 4.49. The highest BCUT2D eigenvalue weighted by Crippen LogP contribution is 2.18. The number of hydrogen-bond acceptors (Lipinski definition) is 3. The van der Waals surface area contributed by atoms with Crippen molar-refractivity contribution in [1.29, 1.82) is 0 Å². The lowest BCUT2D eigenvalue weighted by Crippen LogP contribution is -2.26. The molecule has 0 aliphatic heterocycles. The standard InChI is InChI=1S/C11H17NO2.ClH/c1-8-3-4-11(9(2)5-8)14-7-10(13)6-12;/h3-5,10,13H,6-7,12H2,1-2H3;1H. The van der Waals surface area contributed by atoms with Crippen LogP contribution in [0.4, 0.5) is 0 Å². The molecule has 1 rings (SSSR count). The summed E-state index contributed by atoms with van der Waals surface area (Å²) in [6, 6.07) is 5.94. The second-order valence-corrected chi connectivity index (χ2v) is 3.47. The fourth-order valence-electron chi connectivity index (χ4n) is 1.22. The third-order valence-electron chi connectivity index (χ3n) is 2.03. The van der Waals surface area contributed by atoms with Crippen LogP contribution in [0.2, 0.25) is 0 Å². The largest absolute Gasteiger partial charge is 0.491 e. The molecule has 1 aromatic carbocycles. The monoisotopic (exact) mass is 231 g/mol. The zero-order chi connectivity index (χ0) is 10.6. The second-order valence-electron chi connectivity index (χ2n) is 3.47. The summed E-state index contributed by atoms with van der Waals surface area (Å²) in [5.41, 5.74) is 7.55. The number of rotatable bonds is 4.